The highest BCUT2D eigenvalue weighted by Gasteiger charge is 2.10. The number of methoxy groups -OCH3 is 1. The van der Waals surface area contributed by atoms with Crippen LogP contribution in [0.5, 0.6) is 5.75 Å². The quantitative estimate of drug-likeness (QED) is 0.677. The molecule has 0 fully saturated rings. The number of nitrogen functional groups attached to an aromatic ring is 1. The standard InChI is InChI=1S/C13H12N4O2/c1-19-11-5-4-8(7-9(11)14)17-12-10(16-13(17)18)3-2-6-15-12/h2-7H,14H2,1H3,(H,16,18). The summed E-state index contributed by atoms with van der Waals surface area (Å²) in [6.07, 6.45) is 1.64. The first-order chi connectivity index (χ1) is 9.20. The van der Waals surface area contributed by atoms with E-state index in [1.165, 1.54) is 4.57 Å². The molecular weight excluding hydrogens is 244 g/mol. The first kappa shape index (κ1) is 11.3. The van der Waals surface area contributed by atoms with Gasteiger partial charge in [-0.3, -0.25) is 0 Å². The van der Waals surface area contributed by atoms with E-state index in [9.17, 15) is 4.79 Å². The summed E-state index contributed by atoms with van der Waals surface area (Å²) in [5.41, 5.74) is 7.97. The first-order valence-corrected chi connectivity index (χ1v) is 5.70. The zero-order valence-electron chi connectivity index (χ0n) is 10.3. The van der Waals surface area contributed by atoms with E-state index in [4.69, 9.17) is 10.5 Å². The highest BCUT2D eigenvalue weighted by molar-refractivity contribution is 5.73. The Morgan fingerprint density at radius 1 is 1.37 bits per heavy atom. The zero-order valence-corrected chi connectivity index (χ0v) is 10.3. The molecule has 0 saturated heterocycles. The lowest BCUT2D eigenvalue weighted by molar-refractivity contribution is 0.417. The van der Waals surface area contributed by atoms with E-state index in [-0.39, 0.29) is 5.69 Å². The number of anilines is 1. The van der Waals surface area contributed by atoms with Gasteiger partial charge < -0.3 is 15.5 Å². The maximum Gasteiger partial charge on any atom is 0.332 e. The summed E-state index contributed by atoms with van der Waals surface area (Å²) in [5, 5.41) is 0. The second-order valence-corrected chi connectivity index (χ2v) is 4.07. The lowest BCUT2D eigenvalue weighted by atomic mass is 10.2. The number of benzene rings is 1. The second kappa shape index (κ2) is 4.16. The van der Waals surface area contributed by atoms with Crippen molar-refractivity contribution in [3.05, 3.63) is 47.0 Å². The van der Waals surface area contributed by atoms with Gasteiger partial charge in [0.25, 0.3) is 0 Å². The Morgan fingerprint density at radius 3 is 2.95 bits per heavy atom. The van der Waals surface area contributed by atoms with Gasteiger partial charge in [-0.25, -0.2) is 14.3 Å². The van der Waals surface area contributed by atoms with Gasteiger partial charge in [0.1, 0.15) is 5.75 Å². The molecule has 3 N–H and O–H groups in total. The van der Waals surface area contributed by atoms with Gasteiger partial charge in [0.2, 0.25) is 0 Å². The topological polar surface area (TPSA) is 85.9 Å². The SMILES string of the molecule is COc1ccc(-n2c(=O)[nH]c3cccnc32)cc1N. The van der Waals surface area contributed by atoms with Crippen molar-refractivity contribution in [1.82, 2.24) is 14.5 Å². The highest BCUT2D eigenvalue weighted by atomic mass is 16.5. The molecule has 6 heteroatoms. The molecule has 0 bridgehead atoms. The van der Waals surface area contributed by atoms with Gasteiger partial charge in [-0.2, -0.15) is 0 Å². The molecule has 0 aliphatic heterocycles. The number of H-pyrrole nitrogens is 1. The summed E-state index contributed by atoms with van der Waals surface area (Å²) in [6.45, 7) is 0. The van der Waals surface area contributed by atoms with Crippen LogP contribution in [0.15, 0.2) is 41.3 Å². The fourth-order valence-corrected chi connectivity index (χ4v) is 2.04. The van der Waals surface area contributed by atoms with Crippen LogP contribution in [-0.4, -0.2) is 21.6 Å². The van der Waals surface area contributed by atoms with Crippen LogP contribution in [0.1, 0.15) is 0 Å². The van der Waals surface area contributed by atoms with Crippen LogP contribution in [0.4, 0.5) is 5.69 Å². The molecule has 0 amide bonds. The number of aromatic amines is 1. The van der Waals surface area contributed by atoms with E-state index in [2.05, 4.69) is 9.97 Å². The van der Waals surface area contributed by atoms with Crippen molar-refractivity contribution in [2.75, 3.05) is 12.8 Å². The molecule has 0 atom stereocenters. The van der Waals surface area contributed by atoms with Crippen LogP contribution in [0.3, 0.4) is 0 Å². The van der Waals surface area contributed by atoms with Crippen molar-refractivity contribution in [2.45, 2.75) is 0 Å². The number of nitrogens with one attached hydrogen (secondary N) is 1. The van der Waals surface area contributed by atoms with Crippen molar-refractivity contribution >= 4 is 16.9 Å². The van der Waals surface area contributed by atoms with Gasteiger partial charge in [-0.1, -0.05) is 0 Å². The molecule has 0 saturated carbocycles. The first-order valence-electron chi connectivity index (χ1n) is 5.70. The molecule has 19 heavy (non-hydrogen) atoms. The highest BCUT2D eigenvalue weighted by Crippen LogP contribution is 2.24. The average Bonchev–Trinajstić information content (AvgIpc) is 2.74. The van der Waals surface area contributed by atoms with Gasteiger partial charge in [-0.15, -0.1) is 0 Å². The van der Waals surface area contributed by atoms with E-state index in [1.807, 2.05) is 0 Å². The Morgan fingerprint density at radius 2 is 2.21 bits per heavy atom. The lowest BCUT2D eigenvalue weighted by Gasteiger charge is -2.07. The fourth-order valence-electron chi connectivity index (χ4n) is 2.04. The molecular formula is C13H12N4O2. The summed E-state index contributed by atoms with van der Waals surface area (Å²) in [4.78, 5) is 19.0. The molecule has 3 rings (SSSR count). The average molecular weight is 256 g/mol. The molecule has 0 radical (unpaired) electrons. The number of rotatable bonds is 2. The minimum absolute atomic E-state index is 0.252. The number of aromatic nitrogens is 3. The Balaban J connectivity index is 2.27. The number of hydrogen-bond donors (Lipinski definition) is 2. The molecule has 3 aromatic rings. The summed E-state index contributed by atoms with van der Waals surface area (Å²) in [7, 11) is 1.55. The molecule has 0 unspecified atom stereocenters. The Hall–Kier alpha value is -2.76. The maximum absolute atomic E-state index is 12.0. The molecule has 6 nitrogen and oxygen atoms in total. The summed E-state index contributed by atoms with van der Waals surface area (Å²) in [5.74, 6) is 0.574. The van der Waals surface area contributed by atoms with Crippen LogP contribution in [0, 0.1) is 0 Å². The monoisotopic (exact) mass is 256 g/mol. The predicted octanol–water partition coefficient (Wildman–Crippen LogP) is 1.30. The number of ether oxygens (including phenoxy) is 1. The smallest absolute Gasteiger partial charge is 0.332 e. The third-order valence-electron chi connectivity index (χ3n) is 2.91. The number of imidazole rings is 1. The van der Waals surface area contributed by atoms with E-state index in [1.54, 1.807) is 43.6 Å². The van der Waals surface area contributed by atoms with Gasteiger partial charge in [0, 0.05) is 6.20 Å². The third-order valence-corrected chi connectivity index (χ3v) is 2.91. The lowest BCUT2D eigenvalue weighted by Crippen LogP contribution is -2.15. The maximum atomic E-state index is 12.0. The van der Waals surface area contributed by atoms with Crippen molar-refractivity contribution in [3.8, 4) is 11.4 Å². The largest absolute Gasteiger partial charge is 0.495 e. The number of nitrogens with two attached hydrogens (primary N) is 1. The van der Waals surface area contributed by atoms with Gasteiger partial charge in [0.15, 0.2) is 5.65 Å². The van der Waals surface area contributed by atoms with Crippen LogP contribution in [0.2, 0.25) is 0 Å². The van der Waals surface area contributed by atoms with Crippen LogP contribution < -0.4 is 16.2 Å². The van der Waals surface area contributed by atoms with Gasteiger partial charge in [0.05, 0.1) is 24.0 Å². The minimum atomic E-state index is -0.252. The minimum Gasteiger partial charge on any atom is -0.495 e. The van der Waals surface area contributed by atoms with Gasteiger partial charge >= 0.3 is 5.69 Å². The fraction of sp³-hybridized carbons (Fsp3) is 0.0769. The van der Waals surface area contributed by atoms with Crippen LogP contribution >= 0.6 is 0 Å². The van der Waals surface area contributed by atoms with Crippen molar-refractivity contribution < 1.29 is 4.74 Å². The van der Waals surface area contributed by atoms with Crippen molar-refractivity contribution in [3.63, 3.8) is 0 Å². The summed E-state index contributed by atoms with van der Waals surface area (Å²) in [6, 6.07) is 8.73. The molecule has 0 aliphatic rings. The number of fused-ring (bicyclic) bond motifs is 1. The molecule has 0 spiro atoms. The number of pyridine rings is 1. The summed E-state index contributed by atoms with van der Waals surface area (Å²) < 4.78 is 6.58. The van der Waals surface area contributed by atoms with Gasteiger partial charge in [-0.05, 0) is 30.3 Å². The number of nitrogens with zero attached hydrogens (tertiary/aromatic N) is 2. The molecule has 2 heterocycles. The van der Waals surface area contributed by atoms with Crippen LogP contribution in [-0.2, 0) is 0 Å². The molecule has 0 aliphatic carbocycles. The Kier molecular flexibility index (Phi) is 2.49. The molecule has 96 valence electrons. The normalized spacial score (nSPS) is 10.8. The Labute approximate surface area is 108 Å². The van der Waals surface area contributed by atoms with E-state index in [0.29, 0.717) is 28.3 Å². The Bertz CT molecular complexity index is 804. The van der Waals surface area contributed by atoms with Crippen LogP contribution in [0.25, 0.3) is 16.9 Å². The molecule has 2 aromatic heterocycles. The number of hydrogen-bond acceptors (Lipinski definition) is 4. The molecule has 1 aromatic carbocycles. The van der Waals surface area contributed by atoms with E-state index >= 15 is 0 Å². The predicted molar refractivity (Wildman–Crippen MR) is 72.7 cm³/mol. The van der Waals surface area contributed by atoms with Crippen molar-refractivity contribution in [1.29, 1.82) is 0 Å². The zero-order chi connectivity index (χ0) is 13.4. The second-order valence-electron chi connectivity index (χ2n) is 4.07. The van der Waals surface area contributed by atoms with E-state index in [0.717, 1.165) is 0 Å². The van der Waals surface area contributed by atoms with E-state index < -0.39 is 0 Å². The van der Waals surface area contributed by atoms with Crippen molar-refractivity contribution in [2.24, 2.45) is 0 Å². The third kappa shape index (κ3) is 1.74. The summed E-state index contributed by atoms with van der Waals surface area (Å²) >= 11 is 0.